The predicted molar refractivity (Wildman–Crippen MR) is 103 cm³/mol. The van der Waals surface area contributed by atoms with Crippen LogP contribution in [0.25, 0.3) is 0 Å². The molecule has 0 saturated carbocycles. The van der Waals surface area contributed by atoms with Gasteiger partial charge in [0, 0.05) is 26.2 Å². The number of nitrogens with one attached hydrogen (secondary N) is 1. The molecule has 0 spiro atoms. The van der Waals surface area contributed by atoms with Crippen LogP contribution in [0.3, 0.4) is 0 Å². The Bertz CT molecular complexity index is 773. The van der Waals surface area contributed by atoms with Crippen LogP contribution in [0.15, 0.2) is 16.3 Å². The molecule has 0 aliphatic carbocycles. The Morgan fingerprint density at radius 3 is 2.37 bits per heavy atom. The van der Waals surface area contributed by atoms with Crippen LogP contribution in [-0.4, -0.2) is 68.5 Å². The summed E-state index contributed by atoms with van der Waals surface area (Å²) >= 11 is 6.85. The summed E-state index contributed by atoms with van der Waals surface area (Å²) in [4.78, 5) is 26.0. The van der Waals surface area contributed by atoms with Gasteiger partial charge in [-0.2, -0.15) is 4.31 Å². The fraction of sp³-hybridized carbons (Fsp3) is 0.625. The van der Waals surface area contributed by atoms with Crippen LogP contribution >= 0.6 is 22.9 Å². The molecule has 1 aromatic rings. The number of carbonyl (C=O) groups excluding carboxylic acids is 2. The van der Waals surface area contributed by atoms with E-state index in [1.54, 1.807) is 17.9 Å². The molecule has 2 amide bonds. The molecule has 152 valence electrons. The van der Waals surface area contributed by atoms with E-state index in [2.05, 4.69) is 5.32 Å². The fourth-order valence-corrected chi connectivity index (χ4v) is 5.78. The molecule has 2 heterocycles. The summed E-state index contributed by atoms with van der Waals surface area (Å²) < 4.78 is 32.1. The number of amides is 2. The molecule has 0 radical (unpaired) electrons. The van der Waals surface area contributed by atoms with Crippen molar-refractivity contribution in [2.45, 2.75) is 31.0 Å². The summed E-state index contributed by atoms with van der Waals surface area (Å²) in [7, 11) is -3.61. The normalized spacial score (nSPS) is 17.0. The Morgan fingerprint density at radius 2 is 1.89 bits per heavy atom. The number of alkyl carbamates (subject to hydrolysis) is 1. The predicted octanol–water partition coefficient (Wildman–Crippen LogP) is 2.01. The zero-order valence-electron chi connectivity index (χ0n) is 15.5. The van der Waals surface area contributed by atoms with Gasteiger partial charge in [-0.15, -0.1) is 11.3 Å². The van der Waals surface area contributed by atoms with E-state index in [9.17, 15) is 18.0 Å². The molecule has 1 aromatic heterocycles. The van der Waals surface area contributed by atoms with Gasteiger partial charge in [0.05, 0.1) is 10.9 Å². The van der Waals surface area contributed by atoms with Gasteiger partial charge < -0.3 is 15.0 Å². The number of hydrogen-bond acceptors (Lipinski definition) is 6. The second-order valence-corrected chi connectivity index (χ2v) is 10.3. The Labute approximate surface area is 168 Å². The van der Waals surface area contributed by atoms with Crippen LogP contribution in [0.1, 0.15) is 20.8 Å². The highest BCUT2D eigenvalue weighted by Gasteiger charge is 2.34. The maximum absolute atomic E-state index is 12.8. The van der Waals surface area contributed by atoms with Gasteiger partial charge in [-0.05, 0) is 25.0 Å². The summed E-state index contributed by atoms with van der Waals surface area (Å²) in [5.74, 6) is -0.369. The second-order valence-electron chi connectivity index (χ2n) is 6.37. The number of hydrogen-bond donors (Lipinski definition) is 1. The zero-order valence-corrected chi connectivity index (χ0v) is 17.9. The van der Waals surface area contributed by atoms with Crippen molar-refractivity contribution < 1.29 is 22.7 Å². The standard InChI is InChI=1S/C16H24ClN3O5S2/c1-4-25-16(22)18-14(11(2)3)15(21)19-7-9-20(10-8-19)27(23,24)13-6-5-12(17)26-13/h5-6,11,14H,4,7-10H2,1-3H3,(H,18,22). The van der Waals surface area contributed by atoms with Crippen LogP contribution in [0, 0.1) is 5.92 Å². The van der Waals surface area contributed by atoms with E-state index in [4.69, 9.17) is 16.3 Å². The number of ether oxygens (including phenoxy) is 1. The molecule has 1 saturated heterocycles. The third kappa shape index (κ3) is 5.34. The molecule has 2 rings (SSSR count). The van der Waals surface area contributed by atoms with Crippen molar-refractivity contribution in [3.63, 3.8) is 0 Å². The molecule has 1 aliphatic heterocycles. The first-order valence-corrected chi connectivity index (χ1v) is 11.3. The Kier molecular flexibility index (Phi) is 7.49. The average molecular weight is 438 g/mol. The minimum atomic E-state index is -3.61. The second kappa shape index (κ2) is 9.22. The molecule has 0 bridgehead atoms. The number of halogens is 1. The average Bonchev–Trinajstić information content (AvgIpc) is 3.06. The van der Waals surface area contributed by atoms with E-state index < -0.39 is 22.2 Å². The lowest BCUT2D eigenvalue weighted by Crippen LogP contribution is -2.57. The van der Waals surface area contributed by atoms with Crippen molar-refractivity contribution in [2.24, 2.45) is 5.92 Å². The summed E-state index contributed by atoms with van der Waals surface area (Å²) in [6, 6.07) is 2.31. The molecule has 1 atom stereocenters. The summed E-state index contributed by atoms with van der Waals surface area (Å²) in [6.45, 7) is 6.45. The van der Waals surface area contributed by atoms with Crippen molar-refractivity contribution in [1.29, 1.82) is 0 Å². The molecule has 8 nitrogen and oxygen atoms in total. The number of rotatable bonds is 6. The lowest BCUT2D eigenvalue weighted by Gasteiger charge is -2.36. The van der Waals surface area contributed by atoms with Crippen molar-refractivity contribution in [3.05, 3.63) is 16.5 Å². The van der Waals surface area contributed by atoms with Gasteiger partial charge in [-0.1, -0.05) is 25.4 Å². The van der Waals surface area contributed by atoms with Crippen LogP contribution in [0.4, 0.5) is 4.79 Å². The molecule has 1 fully saturated rings. The van der Waals surface area contributed by atoms with Gasteiger partial charge in [-0.3, -0.25) is 4.79 Å². The van der Waals surface area contributed by atoms with Crippen LogP contribution in [0.2, 0.25) is 4.34 Å². The zero-order chi connectivity index (χ0) is 20.2. The summed E-state index contributed by atoms with van der Waals surface area (Å²) in [5, 5.41) is 2.59. The maximum atomic E-state index is 12.8. The highest BCUT2D eigenvalue weighted by molar-refractivity contribution is 7.91. The number of sulfonamides is 1. The Morgan fingerprint density at radius 1 is 1.26 bits per heavy atom. The van der Waals surface area contributed by atoms with E-state index in [1.807, 2.05) is 13.8 Å². The molecular weight excluding hydrogens is 414 g/mol. The highest BCUT2D eigenvalue weighted by atomic mass is 35.5. The molecule has 0 aromatic carbocycles. The molecule has 1 aliphatic rings. The molecule has 1 N–H and O–H groups in total. The quantitative estimate of drug-likeness (QED) is 0.734. The van der Waals surface area contributed by atoms with Crippen molar-refractivity contribution in [1.82, 2.24) is 14.5 Å². The van der Waals surface area contributed by atoms with E-state index >= 15 is 0 Å². The molecule has 27 heavy (non-hydrogen) atoms. The minimum Gasteiger partial charge on any atom is -0.450 e. The van der Waals surface area contributed by atoms with Crippen molar-refractivity contribution in [3.8, 4) is 0 Å². The van der Waals surface area contributed by atoms with E-state index in [0.717, 1.165) is 11.3 Å². The topological polar surface area (TPSA) is 96.0 Å². The van der Waals surface area contributed by atoms with Crippen LogP contribution in [0.5, 0.6) is 0 Å². The van der Waals surface area contributed by atoms with Gasteiger partial charge >= 0.3 is 6.09 Å². The number of nitrogens with zero attached hydrogens (tertiary/aromatic N) is 2. The van der Waals surface area contributed by atoms with Gasteiger partial charge in [0.2, 0.25) is 5.91 Å². The van der Waals surface area contributed by atoms with Gasteiger partial charge in [0.25, 0.3) is 10.0 Å². The summed E-state index contributed by atoms with van der Waals surface area (Å²) in [5.41, 5.74) is 0. The molecule has 1 unspecified atom stereocenters. The van der Waals surface area contributed by atoms with Gasteiger partial charge in [0.1, 0.15) is 10.3 Å². The van der Waals surface area contributed by atoms with Gasteiger partial charge in [0.15, 0.2) is 0 Å². The number of piperazine rings is 1. The van der Waals surface area contributed by atoms with Crippen molar-refractivity contribution >= 4 is 45.0 Å². The van der Waals surface area contributed by atoms with E-state index in [1.165, 1.54) is 10.4 Å². The molecular formula is C16H24ClN3O5S2. The monoisotopic (exact) mass is 437 g/mol. The first-order valence-electron chi connectivity index (χ1n) is 8.64. The Hall–Kier alpha value is -1.36. The van der Waals surface area contributed by atoms with Gasteiger partial charge in [-0.25, -0.2) is 13.2 Å². The first kappa shape index (κ1) is 21.9. The third-order valence-corrected chi connectivity index (χ3v) is 7.77. The lowest BCUT2D eigenvalue weighted by molar-refractivity contribution is -0.135. The first-order chi connectivity index (χ1) is 12.7. The third-order valence-electron chi connectivity index (χ3n) is 4.17. The van der Waals surface area contributed by atoms with Crippen molar-refractivity contribution in [2.75, 3.05) is 32.8 Å². The van der Waals surface area contributed by atoms with E-state index in [-0.39, 0.29) is 48.8 Å². The maximum Gasteiger partial charge on any atom is 0.407 e. The minimum absolute atomic E-state index is 0.128. The number of carbonyl (C=O) groups is 2. The molecule has 11 heteroatoms. The summed E-state index contributed by atoms with van der Waals surface area (Å²) in [6.07, 6.45) is -0.639. The Balaban J connectivity index is 2.01. The lowest BCUT2D eigenvalue weighted by atomic mass is 10.0. The smallest absolute Gasteiger partial charge is 0.407 e. The SMILES string of the molecule is CCOC(=O)NC(C(=O)N1CCN(S(=O)(=O)c2ccc(Cl)s2)CC1)C(C)C. The largest absolute Gasteiger partial charge is 0.450 e. The van der Waals surface area contributed by atoms with Crippen LogP contribution < -0.4 is 5.32 Å². The van der Waals surface area contributed by atoms with E-state index in [0.29, 0.717) is 4.34 Å². The van der Waals surface area contributed by atoms with Crippen LogP contribution in [-0.2, 0) is 19.6 Å². The highest BCUT2D eigenvalue weighted by Crippen LogP contribution is 2.28. The fourth-order valence-electron chi connectivity index (χ4n) is 2.72. The number of thiophene rings is 1.